The zero-order valence-electron chi connectivity index (χ0n) is 12.0. The number of carboxylic acids is 1. The van der Waals surface area contributed by atoms with Gasteiger partial charge in [-0.1, -0.05) is 31.9 Å². The molecule has 0 aliphatic rings. The molecule has 0 saturated carbocycles. The van der Waals surface area contributed by atoms with E-state index >= 15 is 0 Å². The van der Waals surface area contributed by atoms with Crippen LogP contribution in [0.3, 0.4) is 0 Å². The van der Waals surface area contributed by atoms with Gasteiger partial charge in [0.05, 0.1) is 11.6 Å². The largest absolute Gasteiger partial charge is 0.480 e. The molecule has 21 heavy (non-hydrogen) atoms. The third-order valence-electron chi connectivity index (χ3n) is 3.54. The molecule has 1 aromatic rings. The van der Waals surface area contributed by atoms with Crippen LogP contribution in [0.2, 0.25) is 0 Å². The van der Waals surface area contributed by atoms with Gasteiger partial charge >= 0.3 is 5.97 Å². The average molecular weight is 287 g/mol. The van der Waals surface area contributed by atoms with Crippen molar-refractivity contribution in [1.82, 2.24) is 0 Å². The number of rotatable bonds is 7. The summed E-state index contributed by atoms with van der Waals surface area (Å²) in [6.45, 7) is 2.99. The molecule has 1 aromatic carbocycles. The first-order chi connectivity index (χ1) is 9.90. The van der Waals surface area contributed by atoms with Gasteiger partial charge in [0.25, 0.3) is 0 Å². The fourth-order valence-electron chi connectivity index (χ4n) is 2.19. The van der Waals surface area contributed by atoms with Gasteiger partial charge in [-0.2, -0.15) is 5.26 Å². The number of Topliss-reactive ketones (excluding diaryl/α,β-unsaturated/α-hetero) is 2. The Hall–Kier alpha value is -2.48. The van der Waals surface area contributed by atoms with E-state index in [1.54, 1.807) is 0 Å². The van der Waals surface area contributed by atoms with Crippen molar-refractivity contribution in [2.24, 2.45) is 5.41 Å². The molecule has 5 nitrogen and oxygen atoms in total. The molecule has 1 unspecified atom stereocenters. The van der Waals surface area contributed by atoms with Crippen LogP contribution < -0.4 is 0 Å². The molecular formula is C16H17NO4. The van der Waals surface area contributed by atoms with E-state index in [4.69, 9.17) is 5.26 Å². The molecule has 1 rings (SSSR count). The second-order valence-electron chi connectivity index (χ2n) is 4.89. The quantitative estimate of drug-likeness (QED) is 0.614. The van der Waals surface area contributed by atoms with Crippen LogP contribution in [0.1, 0.15) is 49.0 Å². The molecular weight excluding hydrogens is 270 g/mol. The van der Waals surface area contributed by atoms with E-state index in [2.05, 4.69) is 0 Å². The molecule has 0 aliphatic heterocycles. The Morgan fingerprint density at radius 2 is 1.81 bits per heavy atom. The molecule has 0 aliphatic carbocycles. The summed E-state index contributed by atoms with van der Waals surface area (Å²) < 4.78 is 0. The third kappa shape index (κ3) is 3.16. The average Bonchev–Trinajstić information content (AvgIpc) is 2.47. The van der Waals surface area contributed by atoms with Crippen LogP contribution in [-0.2, 0) is 9.59 Å². The van der Waals surface area contributed by atoms with Crippen LogP contribution in [-0.4, -0.2) is 22.6 Å². The first-order valence-electron chi connectivity index (χ1n) is 6.69. The van der Waals surface area contributed by atoms with Crippen LogP contribution in [0.5, 0.6) is 0 Å². The minimum Gasteiger partial charge on any atom is -0.480 e. The van der Waals surface area contributed by atoms with Crippen molar-refractivity contribution in [3.05, 3.63) is 35.4 Å². The van der Waals surface area contributed by atoms with E-state index in [1.165, 1.54) is 24.3 Å². The second kappa shape index (κ2) is 6.80. The van der Waals surface area contributed by atoms with Gasteiger partial charge in [0.1, 0.15) is 0 Å². The highest BCUT2D eigenvalue weighted by atomic mass is 16.4. The summed E-state index contributed by atoms with van der Waals surface area (Å²) in [6, 6.07) is 7.54. The molecule has 1 N–H and O–H groups in total. The Bertz CT molecular complexity index is 582. The maximum Gasteiger partial charge on any atom is 0.325 e. The summed E-state index contributed by atoms with van der Waals surface area (Å²) in [5.74, 6) is -2.81. The van der Waals surface area contributed by atoms with Crippen LogP contribution in [0.4, 0.5) is 0 Å². The zero-order valence-corrected chi connectivity index (χ0v) is 12.0. The molecule has 0 radical (unpaired) electrons. The predicted molar refractivity (Wildman–Crippen MR) is 75.8 cm³/mol. The summed E-state index contributed by atoms with van der Waals surface area (Å²) in [4.78, 5) is 36.1. The summed E-state index contributed by atoms with van der Waals surface area (Å²) >= 11 is 0. The lowest BCUT2D eigenvalue weighted by Gasteiger charge is -2.25. The van der Waals surface area contributed by atoms with E-state index in [1.807, 2.05) is 13.0 Å². The number of nitrogens with zero attached hydrogens (tertiary/aromatic N) is 1. The van der Waals surface area contributed by atoms with Gasteiger partial charge in [0.2, 0.25) is 0 Å². The molecule has 0 bridgehead atoms. The first kappa shape index (κ1) is 16.6. The molecule has 110 valence electrons. The number of carbonyl (C=O) groups excluding carboxylic acids is 2. The highest BCUT2D eigenvalue weighted by Gasteiger charge is 2.50. The number of unbranched alkanes of at least 4 members (excludes halogenated alkanes) is 1. The minimum absolute atomic E-state index is 0.0208. The predicted octanol–water partition coefficient (Wildman–Crippen LogP) is 2.59. The fourth-order valence-corrected chi connectivity index (χ4v) is 2.19. The SMILES string of the molecule is CCCCC(C(C)=O)(C(=O)O)C(=O)c1ccc(C#N)cc1. The van der Waals surface area contributed by atoms with E-state index in [0.29, 0.717) is 18.4 Å². The molecule has 0 spiro atoms. The number of carboxylic acid groups (broad SMARTS) is 1. The van der Waals surface area contributed by atoms with E-state index in [0.717, 1.165) is 6.92 Å². The summed E-state index contributed by atoms with van der Waals surface area (Å²) in [6.07, 6.45) is 1.13. The number of nitriles is 1. The lowest BCUT2D eigenvalue weighted by atomic mass is 9.73. The normalized spacial score (nSPS) is 13.0. The van der Waals surface area contributed by atoms with Crippen molar-refractivity contribution >= 4 is 17.5 Å². The molecule has 1 atom stereocenters. The fraction of sp³-hybridized carbons (Fsp3) is 0.375. The Morgan fingerprint density at radius 1 is 1.24 bits per heavy atom. The molecule has 0 saturated heterocycles. The summed E-state index contributed by atoms with van der Waals surface area (Å²) in [7, 11) is 0. The Labute approximate surface area is 123 Å². The van der Waals surface area contributed by atoms with Crippen molar-refractivity contribution in [2.45, 2.75) is 33.1 Å². The third-order valence-corrected chi connectivity index (χ3v) is 3.54. The Balaban J connectivity index is 3.29. The minimum atomic E-state index is -2.04. The van der Waals surface area contributed by atoms with Crippen molar-refractivity contribution in [1.29, 1.82) is 5.26 Å². The maximum atomic E-state index is 12.6. The van der Waals surface area contributed by atoms with Gasteiger partial charge < -0.3 is 5.11 Å². The number of carbonyl (C=O) groups is 3. The zero-order chi connectivity index (χ0) is 16.0. The van der Waals surface area contributed by atoms with E-state index in [-0.39, 0.29) is 12.0 Å². The number of hydrogen-bond donors (Lipinski definition) is 1. The van der Waals surface area contributed by atoms with Gasteiger partial charge in [-0.3, -0.25) is 14.4 Å². The van der Waals surface area contributed by atoms with Crippen LogP contribution in [0.25, 0.3) is 0 Å². The Kier molecular flexibility index (Phi) is 5.37. The Morgan fingerprint density at radius 3 is 2.19 bits per heavy atom. The van der Waals surface area contributed by atoms with Gasteiger partial charge in [0.15, 0.2) is 17.0 Å². The molecule has 0 heterocycles. The van der Waals surface area contributed by atoms with E-state index in [9.17, 15) is 19.5 Å². The van der Waals surface area contributed by atoms with Crippen LogP contribution >= 0.6 is 0 Å². The lowest BCUT2D eigenvalue weighted by Crippen LogP contribution is -2.45. The molecule has 0 amide bonds. The van der Waals surface area contributed by atoms with Gasteiger partial charge in [-0.15, -0.1) is 0 Å². The molecule has 0 aromatic heterocycles. The highest BCUT2D eigenvalue weighted by molar-refractivity contribution is 6.26. The van der Waals surface area contributed by atoms with Crippen molar-refractivity contribution in [2.75, 3.05) is 0 Å². The summed E-state index contributed by atoms with van der Waals surface area (Å²) in [5.41, 5.74) is -1.55. The van der Waals surface area contributed by atoms with Gasteiger partial charge in [-0.05, 0) is 25.5 Å². The monoisotopic (exact) mass is 287 g/mol. The van der Waals surface area contributed by atoms with Gasteiger partial charge in [-0.25, -0.2) is 0 Å². The highest BCUT2D eigenvalue weighted by Crippen LogP contribution is 2.31. The number of aliphatic carboxylic acids is 1. The molecule has 0 fully saturated rings. The maximum absolute atomic E-state index is 12.6. The van der Waals surface area contributed by atoms with Gasteiger partial charge in [0, 0.05) is 5.56 Å². The standard InChI is InChI=1S/C16H17NO4/c1-3-4-9-16(11(2)18,15(20)21)14(19)13-7-5-12(10-17)6-8-13/h5-8H,3-4,9H2,1-2H3,(H,20,21). The lowest BCUT2D eigenvalue weighted by molar-refractivity contribution is -0.151. The first-order valence-corrected chi connectivity index (χ1v) is 6.69. The van der Waals surface area contributed by atoms with Crippen molar-refractivity contribution in [3.63, 3.8) is 0 Å². The number of ketones is 2. The van der Waals surface area contributed by atoms with E-state index < -0.39 is 23.0 Å². The van der Waals surface area contributed by atoms with Crippen LogP contribution in [0, 0.1) is 16.7 Å². The van der Waals surface area contributed by atoms with Crippen molar-refractivity contribution in [3.8, 4) is 6.07 Å². The topological polar surface area (TPSA) is 95.2 Å². The summed E-state index contributed by atoms with van der Waals surface area (Å²) in [5, 5.41) is 18.2. The van der Waals surface area contributed by atoms with Crippen molar-refractivity contribution < 1.29 is 19.5 Å². The molecule has 5 heteroatoms. The number of benzene rings is 1. The van der Waals surface area contributed by atoms with Crippen LogP contribution in [0.15, 0.2) is 24.3 Å². The smallest absolute Gasteiger partial charge is 0.325 e. The number of hydrogen-bond acceptors (Lipinski definition) is 4. The second-order valence-corrected chi connectivity index (χ2v) is 4.89.